The Hall–Kier alpha value is -2.53. The summed E-state index contributed by atoms with van der Waals surface area (Å²) < 4.78 is 5.15. The first-order chi connectivity index (χ1) is 12.7. The minimum Gasteiger partial charge on any atom is -0.497 e. The van der Waals surface area contributed by atoms with Gasteiger partial charge in [0.15, 0.2) is 0 Å². The van der Waals surface area contributed by atoms with Crippen LogP contribution in [-0.2, 0) is 0 Å². The lowest BCUT2D eigenvalue weighted by Crippen LogP contribution is -2.38. The van der Waals surface area contributed by atoms with Gasteiger partial charge in [0.2, 0.25) is 0 Å². The van der Waals surface area contributed by atoms with Gasteiger partial charge in [0.25, 0.3) is 5.91 Å². The van der Waals surface area contributed by atoms with E-state index in [1.54, 1.807) is 31.5 Å². The molecule has 3 heterocycles. The van der Waals surface area contributed by atoms with Gasteiger partial charge in [-0.05, 0) is 54.7 Å². The number of methoxy groups -OCH3 is 1. The summed E-state index contributed by atoms with van der Waals surface area (Å²) >= 11 is 6.26. The third-order valence-corrected chi connectivity index (χ3v) is 5.42. The standard InChI is InChI=1S/C20H20ClN3O2/c1-26-14-4-5-16(18(21)11-14)20(25)24-9-6-13(7-10-24)17-12-23-19-15(17)3-2-8-22-19/h2-5,8,11-13H,6-7,9-10H2,1H3,(H,22,23). The molecule has 1 fully saturated rings. The molecule has 1 aromatic carbocycles. The lowest BCUT2D eigenvalue weighted by Gasteiger charge is -2.32. The van der Waals surface area contributed by atoms with Crippen molar-refractivity contribution in [2.45, 2.75) is 18.8 Å². The van der Waals surface area contributed by atoms with Crippen LogP contribution in [-0.4, -0.2) is 41.0 Å². The Labute approximate surface area is 156 Å². The highest BCUT2D eigenvalue weighted by molar-refractivity contribution is 6.34. The van der Waals surface area contributed by atoms with Crippen LogP contribution in [0.3, 0.4) is 0 Å². The lowest BCUT2D eigenvalue weighted by molar-refractivity contribution is 0.0713. The van der Waals surface area contributed by atoms with Gasteiger partial charge in [0.1, 0.15) is 11.4 Å². The molecule has 0 radical (unpaired) electrons. The maximum absolute atomic E-state index is 12.8. The van der Waals surface area contributed by atoms with E-state index in [0.717, 1.165) is 31.6 Å². The summed E-state index contributed by atoms with van der Waals surface area (Å²) in [6.07, 6.45) is 5.71. The van der Waals surface area contributed by atoms with Crippen LogP contribution in [0.5, 0.6) is 5.75 Å². The minimum atomic E-state index is -0.0169. The van der Waals surface area contributed by atoms with Crippen molar-refractivity contribution in [1.29, 1.82) is 0 Å². The number of halogens is 1. The topological polar surface area (TPSA) is 58.2 Å². The Kier molecular flexibility index (Phi) is 4.55. The average Bonchev–Trinajstić information content (AvgIpc) is 3.11. The molecule has 26 heavy (non-hydrogen) atoms. The molecule has 4 rings (SSSR count). The van der Waals surface area contributed by atoms with Crippen molar-refractivity contribution in [2.75, 3.05) is 20.2 Å². The first-order valence-electron chi connectivity index (χ1n) is 8.72. The highest BCUT2D eigenvalue weighted by atomic mass is 35.5. The van der Waals surface area contributed by atoms with Crippen LogP contribution in [0.1, 0.15) is 34.7 Å². The molecule has 1 saturated heterocycles. The van der Waals surface area contributed by atoms with E-state index in [9.17, 15) is 4.79 Å². The van der Waals surface area contributed by atoms with E-state index in [-0.39, 0.29) is 5.91 Å². The van der Waals surface area contributed by atoms with Crippen LogP contribution in [0.15, 0.2) is 42.7 Å². The summed E-state index contributed by atoms with van der Waals surface area (Å²) in [5.74, 6) is 1.07. The van der Waals surface area contributed by atoms with Crippen molar-refractivity contribution in [2.24, 2.45) is 0 Å². The number of carbonyl (C=O) groups excluding carboxylic acids is 1. The van der Waals surface area contributed by atoms with Gasteiger partial charge >= 0.3 is 0 Å². The Balaban J connectivity index is 1.47. The summed E-state index contributed by atoms with van der Waals surface area (Å²) in [7, 11) is 1.58. The quantitative estimate of drug-likeness (QED) is 0.751. The molecule has 0 aliphatic carbocycles. The molecule has 1 N–H and O–H groups in total. The van der Waals surface area contributed by atoms with Gasteiger partial charge in [0.05, 0.1) is 17.7 Å². The Morgan fingerprint density at radius 1 is 1.31 bits per heavy atom. The lowest BCUT2D eigenvalue weighted by atomic mass is 9.89. The first-order valence-corrected chi connectivity index (χ1v) is 9.10. The third-order valence-electron chi connectivity index (χ3n) is 5.11. The monoisotopic (exact) mass is 369 g/mol. The number of amides is 1. The molecule has 1 aliphatic rings. The molecule has 0 saturated carbocycles. The molecule has 6 heteroatoms. The van der Waals surface area contributed by atoms with Crippen molar-refractivity contribution in [1.82, 2.24) is 14.9 Å². The molecule has 2 aromatic heterocycles. The van der Waals surface area contributed by atoms with Crippen molar-refractivity contribution in [3.05, 3.63) is 58.9 Å². The SMILES string of the molecule is COc1ccc(C(=O)N2CCC(c3c[nH]c4ncccc34)CC2)c(Cl)c1. The normalized spacial score (nSPS) is 15.4. The number of ether oxygens (including phenoxy) is 1. The number of fused-ring (bicyclic) bond motifs is 1. The van der Waals surface area contributed by atoms with Crippen LogP contribution < -0.4 is 4.74 Å². The zero-order valence-corrected chi connectivity index (χ0v) is 15.3. The maximum atomic E-state index is 12.8. The van der Waals surface area contributed by atoms with E-state index in [1.807, 2.05) is 11.0 Å². The highest BCUT2D eigenvalue weighted by Crippen LogP contribution is 2.33. The number of piperidine rings is 1. The molecular weight excluding hydrogens is 350 g/mol. The molecule has 1 amide bonds. The largest absolute Gasteiger partial charge is 0.497 e. The van der Waals surface area contributed by atoms with Crippen LogP contribution in [0.2, 0.25) is 5.02 Å². The van der Waals surface area contributed by atoms with Gasteiger partial charge in [-0.3, -0.25) is 4.79 Å². The van der Waals surface area contributed by atoms with Gasteiger partial charge in [-0.15, -0.1) is 0 Å². The van der Waals surface area contributed by atoms with Gasteiger partial charge in [-0.1, -0.05) is 11.6 Å². The number of nitrogens with zero attached hydrogens (tertiary/aromatic N) is 2. The number of likely N-dealkylation sites (tertiary alicyclic amines) is 1. The molecule has 0 atom stereocenters. The van der Waals surface area contributed by atoms with E-state index >= 15 is 0 Å². The number of hydrogen-bond acceptors (Lipinski definition) is 3. The average molecular weight is 370 g/mol. The predicted octanol–water partition coefficient (Wildman–Crippen LogP) is 4.24. The summed E-state index contributed by atoms with van der Waals surface area (Å²) in [4.78, 5) is 22.3. The van der Waals surface area contributed by atoms with Gasteiger partial charge < -0.3 is 14.6 Å². The summed E-state index contributed by atoms with van der Waals surface area (Å²) in [5.41, 5.74) is 2.75. The number of hydrogen-bond donors (Lipinski definition) is 1. The van der Waals surface area contributed by atoms with Crippen LogP contribution >= 0.6 is 11.6 Å². The number of carbonyl (C=O) groups is 1. The molecule has 0 spiro atoms. The number of H-pyrrole nitrogens is 1. The molecule has 134 valence electrons. The number of rotatable bonds is 3. The van der Waals surface area contributed by atoms with Gasteiger partial charge in [0, 0.05) is 30.9 Å². The molecule has 0 bridgehead atoms. The Morgan fingerprint density at radius 3 is 2.85 bits per heavy atom. The summed E-state index contributed by atoms with van der Waals surface area (Å²) in [6, 6.07) is 9.25. The maximum Gasteiger partial charge on any atom is 0.255 e. The third kappa shape index (κ3) is 3.03. The second-order valence-electron chi connectivity index (χ2n) is 6.56. The molecular formula is C20H20ClN3O2. The van der Waals surface area contributed by atoms with E-state index in [0.29, 0.717) is 22.3 Å². The number of nitrogens with one attached hydrogen (secondary N) is 1. The minimum absolute atomic E-state index is 0.0169. The summed E-state index contributed by atoms with van der Waals surface area (Å²) in [5, 5.41) is 1.61. The zero-order valence-electron chi connectivity index (χ0n) is 14.5. The second-order valence-corrected chi connectivity index (χ2v) is 6.96. The Morgan fingerprint density at radius 2 is 2.12 bits per heavy atom. The van der Waals surface area contributed by atoms with Crippen molar-refractivity contribution >= 4 is 28.5 Å². The van der Waals surface area contributed by atoms with Crippen molar-refractivity contribution in [3.63, 3.8) is 0 Å². The van der Waals surface area contributed by atoms with Crippen molar-refractivity contribution in [3.8, 4) is 5.75 Å². The van der Waals surface area contributed by atoms with E-state index < -0.39 is 0 Å². The molecule has 3 aromatic rings. The van der Waals surface area contributed by atoms with Crippen molar-refractivity contribution < 1.29 is 9.53 Å². The van der Waals surface area contributed by atoms with Crippen LogP contribution in [0.4, 0.5) is 0 Å². The number of aromatic amines is 1. The van der Waals surface area contributed by atoms with E-state index in [4.69, 9.17) is 16.3 Å². The van der Waals surface area contributed by atoms with Gasteiger partial charge in [-0.25, -0.2) is 4.98 Å². The number of aromatic nitrogens is 2. The molecule has 5 nitrogen and oxygen atoms in total. The first kappa shape index (κ1) is 16.9. The number of benzene rings is 1. The predicted molar refractivity (Wildman–Crippen MR) is 102 cm³/mol. The second kappa shape index (κ2) is 7.00. The fraction of sp³-hybridized carbons (Fsp3) is 0.300. The van der Waals surface area contributed by atoms with E-state index in [1.165, 1.54) is 10.9 Å². The van der Waals surface area contributed by atoms with Crippen LogP contribution in [0.25, 0.3) is 11.0 Å². The highest BCUT2D eigenvalue weighted by Gasteiger charge is 2.27. The Bertz CT molecular complexity index is 945. The number of pyridine rings is 1. The molecule has 1 aliphatic heterocycles. The smallest absolute Gasteiger partial charge is 0.255 e. The van der Waals surface area contributed by atoms with Gasteiger partial charge in [-0.2, -0.15) is 0 Å². The molecule has 0 unspecified atom stereocenters. The van der Waals surface area contributed by atoms with E-state index in [2.05, 4.69) is 22.2 Å². The fourth-order valence-corrected chi connectivity index (χ4v) is 3.93. The zero-order chi connectivity index (χ0) is 18.1. The summed E-state index contributed by atoms with van der Waals surface area (Å²) in [6.45, 7) is 1.44. The fourth-order valence-electron chi connectivity index (χ4n) is 3.68. The van der Waals surface area contributed by atoms with Crippen LogP contribution in [0, 0.1) is 0 Å².